The molecule has 0 saturated carbocycles. The highest BCUT2D eigenvalue weighted by Gasteiger charge is 2.38. The Morgan fingerprint density at radius 1 is 0.500 bits per heavy atom. The van der Waals surface area contributed by atoms with Gasteiger partial charge in [0, 0.05) is 29.1 Å². The van der Waals surface area contributed by atoms with Gasteiger partial charge < -0.3 is 0 Å². The molecule has 0 aliphatic heterocycles. The molecule has 0 saturated heterocycles. The molecule has 3 aromatic carbocycles. The van der Waals surface area contributed by atoms with E-state index in [1.165, 1.54) is 0 Å². The first-order chi connectivity index (χ1) is 14.0. The molecule has 0 N–H and O–H groups in total. The second-order valence-corrected chi connectivity index (χ2v) is 6.30. The number of hydrogen-bond acceptors (Lipinski definition) is 0. The van der Waals surface area contributed by atoms with Crippen LogP contribution in [0.1, 0.15) is 5.56 Å². The van der Waals surface area contributed by atoms with E-state index in [-0.39, 0.29) is 12.1 Å². The van der Waals surface area contributed by atoms with Gasteiger partial charge in [0.25, 0.3) is 6.71 Å². The van der Waals surface area contributed by atoms with Crippen LogP contribution in [0.3, 0.4) is 0 Å². The SMILES string of the molecule is Cc1c(F)cc(F)cc1B(c1c(F)cc(F)c(F)c1F)c1c(F)cc(F)c(F)c1F. The smallest absolute Gasteiger partial charge is 0.207 e. The lowest BCUT2D eigenvalue weighted by Crippen LogP contribution is -2.58. The molecule has 0 aliphatic carbocycles. The van der Waals surface area contributed by atoms with E-state index in [4.69, 9.17) is 0 Å². The Morgan fingerprint density at radius 2 is 0.933 bits per heavy atom. The van der Waals surface area contributed by atoms with Crippen molar-refractivity contribution in [2.75, 3.05) is 0 Å². The molecular formula is C19H7BF10. The third kappa shape index (κ3) is 3.42. The van der Waals surface area contributed by atoms with Gasteiger partial charge in [-0.25, -0.2) is 43.9 Å². The molecule has 0 nitrogen and oxygen atoms in total. The molecule has 0 heterocycles. The van der Waals surface area contributed by atoms with Gasteiger partial charge >= 0.3 is 0 Å². The fraction of sp³-hybridized carbons (Fsp3) is 0.0526. The summed E-state index contributed by atoms with van der Waals surface area (Å²) in [6, 6.07) is 0.429. The van der Waals surface area contributed by atoms with Crippen molar-refractivity contribution < 1.29 is 43.9 Å². The van der Waals surface area contributed by atoms with Crippen LogP contribution in [-0.2, 0) is 0 Å². The number of rotatable bonds is 3. The van der Waals surface area contributed by atoms with Gasteiger partial charge in [0.05, 0.1) is 0 Å². The van der Waals surface area contributed by atoms with Crippen LogP contribution < -0.4 is 16.4 Å². The fourth-order valence-electron chi connectivity index (χ4n) is 3.11. The van der Waals surface area contributed by atoms with Crippen molar-refractivity contribution in [1.82, 2.24) is 0 Å². The first kappa shape index (κ1) is 21.7. The lowest BCUT2D eigenvalue weighted by atomic mass is 9.35. The summed E-state index contributed by atoms with van der Waals surface area (Å²) >= 11 is 0. The molecule has 0 amide bonds. The first-order valence-electron chi connectivity index (χ1n) is 8.07. The van der Waals surface area contributed by atoms with Crippen molar-refractivity contribution in [1.29, 1.82) is 0 Å². The Kier molecular flexibility index (Phi) is 5.57. The second-order valence-electron chi connectivity index (χ2n) is 6.30. The molecule has 3 aromatic rings. The lowest BCUT2D eigenvalue weighted by Gasteiger charge is -2.21. The molecule has 0 atom stereocenters. The van der Waals surface area contributed by atoms with Crippen LogP contribution in [0.25, 0.3) is 0 Å². The van der Waals surface area contributed by atoms with E-state index in [0.717, 1.165) is 6.92 Å². The van der Waals surface area contributed by atoms with Gasteiger partial charge in [0.2, 0.25) is 0 Å². The maximum absolute atomic E-state index is 14.5. The van der Waals surface area contributed by atoms with E-state index < -0.39 is 86.8 Å². The molecule has 0 aliphatic rings. The Morgan fingerprint density at radius 3 is 1.37 bits per heavy atom. The molecule has 11 heteroatoms. The number of halogens is 10. The summed E-state index contributed by atoms with van der Waals surface area (Å²) in [6.45, 7) is -1.61. The van der Waals surface area contributed by atoms with Gasteiger partial charge in [-0.3, -0.25) is 0 Å². The molecule has 0 radical (unpaired) electrons. The zero-order valence-corrected chi connectivity index (χ0v) is 14.7. The predicted octanol–water partition coefficient (Wildman–Crippen LogP) is 3.90. The Bertz CT molecular complexity index is 1110. The van der Waals surface area contributed by atoms with Crippen LogP contribution in [0.2, 0.25) is 0 Å². The Hall–Kier alpha value is -2.98. The lowest BCUT2D eigenvalue weighted by molar-refractivity contribution is 0.438. The zero-order valence-electron chi connectivity index (χ0n) is 14.7. The summed E-state index contributed by atoms with van der Waals surface area (Å²) in [7, 11) is 0. The third-order valence-electron chi connectivity index (χ3n) is 4.54. The van der Waals surface area contributed by atoms with Crippen molar-refractivity contribution >= 4 is 23.1 Å². The summed E-state index contributed by atoms with van der Waals surface area (Å²) in [5, 5.41) is 0. The van der Waals surface area contributed by atoms with Crippen LogP contribution in [0, 0.1) is 65.1 Å². The van der Waals surface area contributed by atoms with Crippen molar-refractivity contribution in [2.24, 2.45) is 0 Å². The average molecular weight is 436 g/mol. The maximum Gasteiger partial charge on any atom is 0.257 e. The van der Waals surface area contributed by atoms with E-state index in [0.29, 0.717) is 12.1 Å². The zero-order chi connectivity index (χ0) is 22.5. The summed E-state index contributed by atoms with van der Waals surface area (Å²) in [6.07, 6.45) is 0. The quantitative estimate of drug-likeness (QED) is 0.253. The van der Waals surface area contributed by atoms with Crippen LogP contribution in [0.5, 0.6) is 0 Å². The van der Waals surface area contributed by atoms with E-state index >= 15 is 0 Å². The van der Waals surface area contributed by atoms with Gasteiger partial charge in [0.15, 0.2) is 34.9 Å². The fourth-order valence-corrected chi connectivity index (χ4v) is 3.11. The molecule has 0 fully saturated rings. The van der Waals surface area contributed by atoms with Gasteiger partial charge in [-0.1, -0.05) is 5.46 Å². The molecule has 30 heavy (non-hydrogen) atoms. The van der Waals surface area contributed by atoms with Crippen molar-refractivity contribution in [3.63, 3.8) is 0 Å². The van der Waals surface area contributed by atoms with Gasteiger partial charge in [-0.05, 0) is 18.6 Å². The minimum atomic E-state index is -2.54. The highest BCUT2D eigenvalue weighted by molar-refractivity contribution is 6.96. The largest absolute Gasteiger partial charge is 0.257 e. The molecule has 0 spiro atoms. The minimum Gasteiger partial charge on any atom is -0.207 e. The molecule has 0 bridgehead atoms. The van der Waals surface area contributed by atoms with Gasteiger partial charge in [-0.2, -0.15) is 0 Å². The third-order valence-corrected chi connectivity index (χ3v) is 4.54. The molecule has 3 rings (SSSR count). The Balaban J connectivity index is 2.52. The predicted molar refractivity (Wildman–Crippen MR) is 88.3 cm³/mol. The Labute approximate surface area is 162 Å². The van der Waals surface area contributed by atoms with Crippen molar-refractivity contribution in [3.05, 3.63) is 88.0 Å². The topological polar surface area (TPSA) is 0 Å². The standard InChI is InChI=1S/C19H7BF10/c1-6-8(2-7(21)3-9(6)22)20(14-10(23)4-12(25)16(27)18(14)29)15-11(24)5-13(26)17(28)19(15)30/h2-5H,1H3. The van der Waals surface area contributed by atoms with E-state index in [1.807, 2.05) is 0 Å². The molecule has 0 aromatic heterocycles. The van der Waals surface area contributed by atoms with Crippen LogP contribution >= 0.6 is 0 Å². The monoisotopic (exact) mass is 436 g/mol. The minimum absolute atomic E-state index is 0.165. The summed E-state index contributed by atoms with van der Waals surface area (Å²) in [5.41, 5.74) is -4.55. The normalized spacial score (nSPS) is 11.2. The highest BCUT2D eigenvalue weighted by atomic mass is 19.2. The van der Waals surface area contributed by atoms with Crippen molar-refractivity contribution in [3.8, 4) is 0 Å². The van der Waals surface area contributed by atoms with Crippen molar-refractivity contribution in [2.45, 2.75) is 6.92 Å². The molecule has 156 valence electrons. The van der Waals surface area contributed by atoms with Crippen LogP contribution in [0.4, 0.5) is 43.9 Å². The summed E-state index contributed by atoms with van der Waals surface area (Å²) < 4.78 is 140. The van der Waals surface area contributed by atoms with Gasteiger partial charge in [-0.15, -0.1) is 0 Å². The van der Waals surface area contributed by atoms with E-state index in [9.17, 15) is 43.9 Å². The average Bonchev–Trinajstić information content (AvgIpc) is 2.66. The number of benzene rings is 3. The summed E-state index contributed by atoms with van der Waals surface area (Å²) in [4.78, 5) is 0. The molecular weight excluding hydrogens is 429 g/mol. The first-order valence-corrected chi connectivity index (χ1v) is 8.07. The van der Waals surface area contributed by atoms with E-state index in [2.05, 4.69) is 0 Å². The van der Waals surface area contributed by atoms with E-state index in [1.54, 1.807) is 0 Å². The van der Waals surface area contributed by atoms with Gasteiger partial charge in [0.1, 0.15) is 23.3 Å². The van der Waals surface area contributed by atoms with Crippen LogP contribution in [0.15, 0.2) is 24.3 Å². The highest BCUT2D eigenvalue weighted by Crippen LogP contribution is 2.18. The van der Waals surface area contributed by atoms with Crippen LogP contribution in [-0.4, -0.2) is 6.71 Å². The number of hydrogen-bond donors (Lipinski definition) is 0. The summed E-state index contributed by atoms with van der Waals surface area (Å²) in [5.74, 6) is -19.5. The maximum atomic E-state index is 14.5. The second kappa shape index (κ2) is 7.69. The molecule has 0 unspecified atom stereocenters.